The molecule has 0 spiro atoms. The van der Waals surface area contributed by atoms with Crippen LogP contribution in [0.5, 0.6) is 5.75 Å². The lowest BCUT2D eigenvalue weighted by Crippen LogP contribution is -2.36. The standard InChI is InChI=1S/C11H15NO3.2C2H6/c1-12-10(11(14)15-2)7-8-3-5-9(13)6-4-8;2*1-2/h3-6,10,12-13H,7H2,1-2H3;2*1-2H3/t10-;;/m0../s1. The quantitative estimate of drug-likeness (QED) is 0.825. The first-order valence-electron chi connectivity index (χ1n) is 6.70. The van der Waals surface area contributed by atoms with E-state index in [1.165, 1.54) is 7.11 Å². The molecule has 1 rings (SSSR count). The highest BCUT2D eigenvalue weighted by Crippen LogP contribution is 2.11. The molecule has 0 saturated carbocycles. The summed E-state index contributed by atoms with van der Waals surface area (Å²) in [5, 5.41) is 12.0. The van der Waals surface area contributed by atoms with Crippen LogP contribution in [-0.2, 0) is 16.0 Å². The first-order valence-corrected chi connectivity index (χ1v) is 6.70. The minimum atomic E-state index is -0.348. The molecule has 0 radical (unpaired) electrons. The second kappa shape index (κ2) is 12.9. The first kappa shape index (κ1) is 19.8. The van der Waals surface area contributed by atoms with Gasteiger partial charge >= 0.3 is 5.97 Å². The average molecular weight is 269 g/mol. The maximum absolute atomic E-state index is 11.3. The summed E-state index contributed by atoms with van der Waals surface area (Å²) < 4.78 is 4.65. The Morgan fingerprint density at radius 2 is 1.68 bits per heavy atom. The van der Waals surface area contributed by atoms with E-state index in [0.29, 0.717) is 6.42 Å². The second-order valence-electron chi connectivity index (χ2n) is 3.23. The normalized spacial score (nSPS) is 10.2. The van der Waals surface area contributed by atoms with Crippen molar-refractivity contribution >= 4 is 5.97 Å². The Kier molecular flexibility index (Phi) is 13.4. The van der Waals surface area contributed by atoms with E-state index in [1.807, 2.05) is 27.7 Å². The zero-order chi connectivity index (χ0) is 15.3. The van der Waals surface area contributed by atoms with Crippen LogP contribution in [0, 0.1) is 0 Å². The number of likely N-dealkylation sites (N-methyl/N-ethyl adjacent to an activating group) is 1. The van der Waals surface area contributed by atoms with Crippen molar-refractivity contribution in [3.63, 3.8) is 0 Å². The number of hydrogen-bond donors (Lipinski definition) is 2. The van der Waals surface area contributed by atoms with E-state index in [4.69, 9.17) is 5.11 Å². The van der Waals surface area contributed by atoms with Gasteiger partial charge in [0.1, 0.15) is 11.8 Å². The number of aromatic hydroxyl groups is 1. The molecule has 0 aliphatic heterocycles. The number of rotatable bonds is 4. The minimum Gasteiger partial charge on any atom is -0.508 e. The van der Waals surface area contributed by atoms with Gasteiger partial charge in [-0.25, -0.2) is 0 Å². The number of hydrogen-bond acceptors (Lipinski definition) is 4. The van der Waals surface area contributed by atoms with Gasteiger partial charge in [-0.15, -0.1) is 0 Å². The van der Waals surface area contributed by atoms with E-state index < -0.39 is 0 Å². The highest BCUT2D eigenvalue weighted by atomic mass is 16.5. The molecule has 110 valence electrons. The van der Waals surface area contributed by atoms with Crippen molar-refractivity contribution < 1.29 is 14.6 Å². The largest absolute Gasteiger partial charge is 0.508 e. The van der Waals surface area contributed by atoms with Crippen molar-refractivity contribution in [2.24, 2.45) is 0 Å². The molecule has 0 aliphatic rings. The Balaban J connectivity index is 0. The van der Waals surface area contributed by atoms with Crippen LogP contribution in [0.15, 0.2) is 24.3 Å². The molecule has 0 fully saturated rings. The van der Waals surface area contributed by atoms with Crippen molar-refractivity contribution in [1.82, 2.24) is 5.32 Å². The molecule has 1 aromatic carbocycles. The third-order valence-corrected chi connectivity index (χ3v) is 2.21. The third-order valence-electron chi connectivity index (χ3n) is 2.21. The number of carbonyl (C=O) groups is 1. The lowest BCUT2D eigenvalue weighted by Gasteiger charge is -2.13. The fourth-order valence-electron chi connectivity index (χ4n) is 1.31. The molecule has 19 heavy (non-hydrogen) atoms. The molecular weight excluding hydrogens is 242 g/mol. The van der Waals surface area contributed by atoms with Gasteiger partial charge in [0, 0.05) is 0 Å². The highest BCUT2D eigenvalue weighted by Gasteiger charge is 2.16. The Morgan fingerprint density at radius 3 is 2.05 bits per heavy atom. The van der Waals surface area contributed by atoms with Crippen LogP contribution in [0.1, 0.15) is 33.3 Å². The van der Waals surface area contributed by atoms with E-state index in [0.717, 1.165) is 5.56 Å². The topological polar surface area (TPSA) is 58.6 Å². The van der Waals surface area contributed by atoms with Gasteiger partial charge in [0.2, 0.25) is 0 Å². The lowest BCUT2D eigenvalue weighted by atomic mass is 10.1. The Bertz CT molecular complexity index is 323. The number of phenols is 1. The van der Waals surface area contributed by atoms with Gasteiger partial charge in [0.25, 0.3) is 0 Å². The van der Waals surface area contributed by atoms with Gasteiger partial charge in [0.15, 0.2) is 0 Å². The molecule has 4 nitrogen and oxygen atoms in total. The predicted octanol–water partition coefficient (Wildman–Crippen LogP) is 2.75. The van der Waals surface area contributed by atoms with Crippen molar-refractivity contribution in [3.05, 3.63) is 29.8 Å². The molecule has 0 amide bonds. The SMILES string of the molecule is CC.CC.CN[C@@H](Cc1ccc(O)cc1)C(=O)OC. The molecule has 0 unspecified atom stereocenters. The molecule has 0 aliphatic carbocycles. The van der Waals surface area contributed by atoms with Crippen molar-refractivity contribution in [2.45, 2.75) is 40.2 Å². The number of nitrogens with one attached hydrogen (secondary N) is 1. The first-order chi connectivity index (χ1) is 9.17. The molecule has 4 heteroatoms. The van der Waals surface area contributed by atoms with Gasteiger partial charge in [-0.2, -0.15) is 0 Å². The van der Waals surface area contributed by atoms with Crippen LogP contribution in [0.4, 0.5) is 0 Å². The summed E-state index contributed by atoms with van der Waals surface area (Å²) in [7, 11) is 3.07. The zero-order valence-electron chi connectivity index (χ0n) is 12.9. The predicted molar refractivity (Wildman–Crippen MR) is 79.4 cm³/mol. The van der Waals surface area contributed by atoms with Gasteiger partial charge < -0.3 is 15.2 Å². The number of carbonyl (C=O) groups excluding carboxylic acids is 1. The van der Waals surface area contributed by atoms with Crippen molar-refractivity contribution in [1.29, 1.82) is 0 Å². The van der Waals surface area contributed by atoms with Crippen molar-refractivity contribution in [2.75, 3.05) is 14.2 Å². The Labute approximate surface area is 116 Å². The van der Waals surface area contributed by atoms with Crippen LogP contribution in [0.25, 0.3) is 0 Å². The third kappa shape index (κ3) is 8.21. The highest BCUT2D eigenvalue weighted by molar-refractivity contribution is 5.76. The van der Waals surface area contributed by atoms with Crippen LogP contribution in [-0.4, -0.2) is 31.3 Å². The van der Waals surface area contributed by atoms with E-state index >= 15 is 0 Å². The van der Waals surface area contributed by atoms with E-state index in [-0.39, 0.29) is 17.8 Å². The molecular formula is C15H27NO3. The van der Waals surface area contributed by atoms with Gasteiger partial charge in [0.05, 0.1) is 7.11 Å². The summed E-state index contributed by atoms with van der Waals surface area (Å²) in [6.45, 7) is 8.00. The number of methoxy groups -OCH3 is 1. The maximum atomic E-state index is 11.3. The second-order valence-corrected chi connectivity index (χ2v) is 3.23. The Morgan fingerprint density at radius 1 is 1.21 bits per heavy atom. The molecule has 1 atom stereocenters. The zero-order valence-corrected chi connectivity index (χ0v) is 12.9. The molecule has 1 aromatic rings. The summed E-state index contributed by atoms with van der Waals surface area (Å²) in [6.07, 6.45) is 0.545. The number of phenolic OH excluding ortho intramolecular Hbond substituents is 1. The monoisotopic (exact) mass is 269 g/mol. The fourth-order valence-corrected chi connectivity index (χ4v) is 1.31. The Hall–Kier alpha value is -1.55. The van der Waals surface area contributed by atoms with E-state index in [2.05, 4.69) is 10.1 Å². The summed E-state index contributed by atoms with van der Waals surface area (Å²) in [5.41, 5.74) is 0.970. The number of benzene rings is 1. The minimum absolute atomic E-state index is 0.220. The fraction of sp³-hybridized carbons (Fsp3) is 0.533. The molecule has 0 heterocycles. The van der Waals surface area contributed by atoms with Gasteiger partial charge in [-0.05, 0) is 31.2 Å². The molecule has 0 bridgehead atoms. The van der Waals surface area contributed by atoms with Crippen LogP contribution >= 0.6 is 0 Å². The van der Waals surface area contributed by atoms with Gasteiger partial charge in [-0.1, -0.05) is 39.8 Å². The molecule has 0 saturated heterocycles. The van der Waals surface area contributed by atoms with Crippen LogP contribution < -0.4 is 5.32 Å². The number of esters is 1. The smallest absolute Gasteiger partial charge is 0.323 e. The van der Waals surface area contributed by atoms with Crippen LogP contribution in [0.2, 0.25) is 0 Å². The van der Waals surface area contributed by atoms with Gasteiger partial charge in [-0.3, -0.25) is 4.79 Å². The summed E-state index contributed by atoms with van der Waals surface area (Å²) in [6, 6.07) is 6.41. The van der Waals surface area contributed by atoms with Crippen LogP contribution in [0.3, 0.4) is 0 Å². The maximum Gasteiger partial charge on any atom is 0.323 e. The average Bonchev–Trinajstić information content (AvgIpc) is 2.50. The van der Waals surface area contributed by atoms with E-state index in [9.17, 15) is 4.79 Å². The summed E-state index contributed by atoms with van der Waals surface area (Å²) >= 11 is 0. The summed E-state index contributed by atoms with van der Waals surface area (Å²) in [4.78, 5) is 11.3. The molecule has 0 aromatic heterocycles. The van der Waals surface area contributed by atoms with E-state index in [1.54, 1.807) is 31.3 Å². The number of ether oxygens (including phenoxy) is 1. The van der Waals surface area contributed by atoms with Crippen molar-refractivity contribution in [3.8, 4) is 5.75 Å². The lowest BCUT2D eigenvalue weighted by molar-refractivity contribution is -0.142. The molecule has 2 N–H and O–H groups in total. The summed E-state index contributed by atoms with van der Waals surface area (Å²) in [5.74, 6) is -0.0663.